The van der Waals surface area contributed by atoms with E-state index in [4.69, 9.17) is 18.9 Å². The number of carbonyl (C=O) groups excluding carboxylic acids is 4. The molecule has 0 saturated carbocycles. The first-order valence-corrected chi connectivity index (χ1v) is 15.2. The lowest BCUT2D eigenvalue weighted by atomic mass is 10.1. The van der Waals surface area contributed by atoms with E-state index >= 15 is 0 Å². The van der Waals surface area contributed by atoms with E-state index in [0.29, 0.717) is 41.5 Å². The zero-order valence-electron chi connectivity index (χ0n) is 26.8. The van der Waals surface area contributed by atoms with Crippen LogP contribution in [-0.2, 0) is 9.59 Å². The molecule has 12 heteroatoms. The van der Waals surface area contributed by atoms with Gasteiger partial charge in [-0.15, -0.1) is 0 Å². The van der Waals surface area contributed by atoms with Gasteiger partial charge in [0, 0.05) is 5.69 Å². The number of nitrogens with zero attached hydrogens (tertiary/aromatic N) is 1. The molecule has 3 N–H and O–H groups in total. The van der Waals surface area contributed by atoms with Crippen molar-refractivity contribution in [1.82, 2.24) is 5.43 Å². The number of ether oxygens (including phenoxy) is 4. The van der Waals surface area contributed by atoms with Crippen molar-refractivity contribution < 1.29 is 38.1 Å². The van der Waals surface area contributed by atoms with Gasteiger partial charge in [0.2, 0.25) is 0 Å². The summed E-state index contributed by atoms with van der Waals surface area (Å²) in [6, 6.07) is 24.4. The maximum atomic E-state index is 12.9. The van der Waals surface area contributed by atoms with Gasteiger partial charge in [0.15, 0.2) is 11.5 Å². The van der Waals surface area contributed by atoms with Crippen LogP contribution in [0.1, 0.15) is 53.0 Å². The van der Waals surface area contributed by atoms with Crippen molar-refractivity contribution in [2.45, 2.75) is 26.7 Å². The first kappa shape index (κ1) is 34.7. The Morgan fingerprint density at radius 1 is 0.771 bits per heavy atom. The van der Waals surface area contributed by atoms with Crippen LogP contribution in [0.4, 0.5) is 11.4 Å². The number of hydrogen-bond donors (Lipinski definition) is 3. The quantitative estimate of drug-likeness (QED) is 0.0384. The Morgan fingerprint density at radius 2 is 1.48 bits per heavy atom. The van der Waals surface area contributed by atoms with E-state index in [2.05, 4.69) is 28.1 Å². The molecule has 0 unspecified atom stereocenters. The highest BCUT2D eigenvalue weighted by Crippen LogP contribution is 2.29. The average Bonchev–Trinajstić information content (AvgIpc) is 3.10. The molecule has 0 aliphatic carbocycles. The van der Waals surface area contributed by atoms with Gasteiger partial charge < -0.3 is 29.6 Å². The molecule has 12 nitrogen and oxygen atoms in total. The molecular weight excluding hydrogens is 616 g/mol. The van der Waals surface area contributed by atoms with Gasteiger partial charge in [0.05, 0.1) is 43.4 Å². The van der Waals surface area contributed by atoms with Crippen molar-refractivity contribution in [2.24, 2.45) is 5.10 Å². The molecule has 0 aliphatic rings. The zero-order chi connectivity index (χ0) is 34.3. The Hall–Kier alpha value is -6.17. The second kappa shape index (κ2) is 17.5. The molecule has 48 heavy (non-hydrogen) atoms. The number of amides is 3. The summed E-state index contributed by atoms with van der Waals surface area (Å²) in [5.41, 5.74) is 3.78. The lowest BCUT2D eigenvalue weighted by Gasteiger charge is -2.11. The topological polar surface area (TPSA) is 154 Å². The minimum atomic E-state index is -1.06. The lowest BCUT2D eigenvalue weighted by molar-refractivity contribution is -0.136. The maximum Gasteiger partial charge on any atom is 0.343 e. The summed E-state index contributed by atoms with van der Waals surface area (Å²) in [6.45, 7) is 5.07. The Labute approximate surface area is 278 Å². The van der Waals surface area contributed by atoms with Crippen LogP contribution in [0, 0.1) is 0 Å². The number of esters is 1. The molecule has 0 radical (unpaired) electrons. The molecule has 0 heterocycles. The first-order valence-electron chi connectivity index (χ1n) is 15.2. The number of hydrogen-bond acceptors (Lipinski definition) is 9. The summed E-state index contributed by atoms with van der Waals surface area (Å²) in [4.78, 5) is 50.7. The number of rotatable bonds is 14. The van der Waals surface area contributed by atoms with Crippen molar-refractivity contribution in [1.29, 1.82) is 0 Å². The van der Waals surface area contributed by atoms with E-state index in [0.717, 1.165) is 12.8 Å². The van der Waals surface area contributed by atoms with Crippen LogP contribution in [0.2, 0.25) is 0 Å². The van der Waals surface area contributed by atoms with Gasteiger partial charge in [-0.05, 0) is 97.8 Å². The van der Waals surface area contributed by atoms with Crippen LogP contribution in [0.25, 0.3) is 0 Å². The Morgan fingerprint density at radius 3 is 2.19 bits per heavy atom. The molecule has 0 spiro atoms. The molecule has 0 bridgehead atoms. The van der Waals surface area contributed by atoms with Crippen LogP contribution >= 0.6 is 0 Å². The second-order valence-electron chi connectivity index (χ2n) is 10.1. The smallest absolute Gasteiger partial charge is 0.343 e. The normalized spacial score (nSPS) is 10.6. The second-order valence-corrected chi connectivity index (χ2v) is 10.1. The highest BCUT2D eigenvalue weighted by molar-refractivity contribution is 6.40. The van der Waals surface area contributed by atoms with Crippen LogP contribution in [0.3, 0.4) is 0 Å². The number of unbranched alkanes of at least 4 members (excludes halogenated alkanes) is 1. The molecule has 0 fully saturated rings. The van der Waals surface area contributed by atoms with E-state index in [1.165, 1.54) is 31.5 Å². The fraction of sp³-hybridized carbons (Fsp3) is 0.194. The minimum absolute atomic E-state index is 0.135. The van der Waals surface area contributed by atoms with Crippen LogP contribution < -0.4 is 35.0 Å². The number of hydrazone groups is 1. The molecule has 0 saturated heterocycles. The molecule has 4 aromatic carbocycles. The maximum absolute atomic E-state index is 12.9. The molecular formula is C36H36N4O8. The highest BCUT2D eigenvalue weighted by atomic mass is 16.6. The predicted octanol–water partition coefficient (Wildman–Crippen LogP) is 5.83. The summed E-state index contributed by atoms with van der Waals surface area (Å²) in [5, 5.41) is 9.03. The molecule has 0 atom stereocenters. The monoisotopic (exact) mass is 652 g/mol. The van der Waals surface area contributed by atoms with Crippen LogP contribution in [-0.4, -0.2) is 50.2 Å². The molecule has 4 rings (SSSR count). The van der Waals surface area contributed by atoms with Crippen molar-refractivity contribution in [3.63, 3.8) is 0 Å². The Bertz CT molecular complexity index is 1760. The van der Waals surface area contributed by atoms with Crippen molar-refractivity contribution >= 4 is 41.3 Å². The third-order valence-corrected chi connectivity index (χ3v) is 6.68. The van der Waals surface area contributed by atoms with Gasteiger partial charge in [-0.1, -0.05) is 25.5 Å². The number of carbonyl (C=O) groups is 4. The van der Waals surface area contributed by atoms with Gasteiger partial charge in [-0.25, -0.2) is 10.2 Å². The first-order chi connectivity index (χ1) is 23.3. The van der Waals surface area contributed by atoms with Crippen molar-refractivity contribution in [2.75, 3.05) is 31.0 Å². The highest BCUT2D eigenvalue weighted by Gasteiger charge is 2.18. The number of nitrogens with one attached hydrogen (secondary N) is 3. The number of methoxy groups -OCH3 is 1. The molecule has 3 amide bonds. The molecule has 0 aliphatic heterocycles. The molecule has 248 valence electrons. The van der Waals surface area contributed by atoms with Gasteiger partial charge in [-0.3, -0.25) is 14.4 Å². The predicted molar refractivity (Wildman–Crippen MR) is 181 cm³/mol. The Balaban J connectivity index is 1.32. The SMILES string of the molecule is CCCCOc1ccc(C(=O)Oc2ccc(/C=N/NC(=O)C(=O)Nc3ccccc3C(=O)Nc3ccc(OCC)cc3)cc2OC)cc1. The van der Waals surface area contributed by atoms with Gasteiger partial charge >= 0.3 is 17.8 Å². The van der Waals surface area contributed by atoms with Gasteiger partial charge in [0.1, 0.15) is 11.5 Å². The summed E-state index contributed by atoms with van der Waals surface area (Å²) in [6.07, 6.45) is 3.25. The van der Waals surface area contributed by atoms with Crippen LogP contribution in [0.15, 0.2) is 96.1 Å². The number of anilines is 2. The third-order valence-electron chi connectivity index (χ3n) is 6.68. The molecule has 4 aromatic rings. The van der Waals surface area contributed by atoms with Crippen LogP contribution in [0.5, 0.6) is 23.0 Å². The lowest BCUT2D eigenvalue weighted by Crippen LogP contribution is -2.33. The van der Waals surface area contributed by atoms with E-state index in [-0.39, 0.29) is 22.7 Å². The van der Waals surface area contributed by atoms with E-state index in [1.807, 2.05) is 6.92 Å². The van der Waals surface area contributed by atoms with E-state index in [9.17, 15) is 19.2 Å². The number of para-hydroxylation sites is 1. The molecule has 0 aromatic heterocycles. The average molecular weight is 653 g/mol. The largest absolute Gasteiger partial charge is 0.494 e. The van der Waals surface area contributed by atoms with E-state index in [1.54, 1.807) is 72.8 Å². The third kappa shape index (κ3) is 9.91. The fourth-order valence-electron chi connectivity index (χ4n) is 4.21. The van der Waals surface area contributed by atoms with Crippen molar-refractivity contribution in [3.05, 3.63) is 108 Å². The minimum Gasteiger partial charge on any atom is -0.494 e. The van der Waals surface area contributed by atoms with Gasteiger partial charge in [0.25, 0.3) is 5.91 Å². The Kier molecular flexibility index (Phi) is 12.7. The van der Waals surface area contributed by atoms with Gasteiger partial charge in [-0.2, -0.15) is 5.10 Å². The van der Waals surface area contributed by atoms with Crippen molar-refractivity contribution in [3.8, 4) is 23.0 Å². The summed E-state index contributed by atoms with van der Waals surface area (Å²) in [5.74, 6) is -1.40. The fourth-order valence-corrected chi connectivity index (χ4v) is 4.21. The van der Waals surface area contributed by atoms with E-state index < -0.39 is 23.7 Å². The summed E-state index contributed by atoms with van der Waals surface area (Å²) >= 11 is 0. The standard InChI is InChI=1S/C36H36N4O8/c1-4-6-21-47-28-16-12-25(13-17-28)36(44)48-31-20-11-24(22-32(31)45-3)23-37-40-35(43)34(42)39-30-10-8-7-9-29(30)33(41)38-26-14-18-27(19-15-26)46-5-2/h7-20,22-23H,4-6,21H2,1-3H3,(H,38,41)(H,39,42)(H,40,43)/b37-23+. The number of benzene rings is 4. The summed E-state index contributed by atoms with van der Waals surface area (Å²) in [7, 11) is 1.42. The summed E-state index contributed by atoms with van der Waals surface area (Å²) < 4.78 is 21.9. The zero-order valence-corrected chi connectivity index (χ0v) is 26.8.